The smallest absolute Gasteiger partial charge is 0.226 e. The predicted molar refractivity (Wildman–Crippen MR) is 73.8 cm³/mol. The fourth-order valence-electron chi connectivity index (χ4n) is 3.85. The first-order valence-corrected chi connectivity index (χ1v) is 7.82. The lowest BCUT2D eigenvalue weighted by Crippen LogP contribution is -2.35. The van der Waals surface area contributed by atoms with Crippen LogP contribution in [0, 0.1) is 17.3 Å². The van der Waals surface area contributed by atoms with Crippen molar-refractivity contribution in [2.24, 2.45) is 17.3 Å². The molecule has 19 heavy (non-hydrogen) atoms. The molecule has 1 N–H and O–H groups in total. The first kappa shape index (κ1) is 13.4. The van der Waals surface area contributed by atoms with Crippen molar-refractivity contribution in [2.75, 3.05) is 39.4 Å². The van der Waals surface area contributed by atoms with Crippen LogP contribution in [0.2, 0.25) is 0 Å². The Hall–Kier alpha value is -0.610. The summed E-state index contributed by atoms with van der Waals surface area (Å²) in [7, 11) is 0. The summed E-state index contributed by atoms with van der Waals surface area (Å²) in [6.45, 7) is 7.69. The van der Waals surface area contributed by atoms with E-state index in [9.17, 15) is 4.79 Å². The Morgan fingerprint density at radius 2 is 2.21 bits per heavy atom. The van der Waals surface area contributed by atoms with E-state index in [-0.39, 0.29) is 0 Å². The number of carbonyl (C=O) groups is 1. The Morgan fingerprint density at radius 3 is 2.95 bits per heavy atom. The highest BCUT2D eigenvalue weighted by atomic mass is 16.5. The van der Waals surface area contributed by atoms with Crippen molar-refractivity contribution < 1.29 is 9.53 Å². The average molecular weight is 266 g/mol. The van der Waals surface area contributed by atoms with Crippen LogP contribution >= 0.6 is 0 Å². The molecule has 3 fully saturated rings. The number of hydrogen-bond donors (Lipinski definition) is 1. The molecular weight excluding hydrogens is 240 g/mol. The van der Waals surface area contributed by atoms with Gasteiger partial charge in [-0.1, -0.05) is 0 Å². The van der Waals surface area contributed by atoms with E-state index in [2.05, 4.69) is 10.2 Å². The summed E-state index contributed by atoms with van der Waals surface area (Å²) >= 11 is 0. The second-order valence-corrected chi connectivity index (χ2v) is 6.47. The third kappa shape index (κ3) is 2.65. The number of rotatable bonds is 4. The van der Waals surface area contributed by atoms with E-state index in [1.165, 1.54) is 12.8 Å². The van der Waals surface area contributed by atoms with E-state index in [1.54, 1.807) is 0 Å². The van der Waals surface area contributed by atoms with E-state index in [1.807, 2.05) is 6.92 Å². The van der Waals surface area contributed by atoms with Gasteiger partial charge >= 0.3 is 0 Å². The van der Waals surface area contributed by atoms with Crippen LogP contribution in [0.25, 0.3) is 0 Å². The molecule has 1 amide bonds. The van der Waals surface area contributed by atoms with E-state index < -0.39 is 0 Å². The zero-order valence-electron chi connectivity index (χ0n) is 12.0. The molecule has 1 aliphatic carbocycles. The van der Waals surface area contributed by atoms with Crippen LogP contribution in [0.5, 0.6) is 0 Å². The van der Waals surface area contributed by atoms with Gasteiger partial charge in [-0.15, -0.1) is 0 Å². The average Bonchev–Trinajstić information content (AvgIpc) is 2.92. The van der Waals surface area contributed by atoms with Gasteiger partial charge in [0.05, 0.1) is 6.61 Å². The van der Waals surface area contributed by atoms with E-state index >= 15 is 0 Å². The highest BCUT2D eigenvalue weighted by molar-refractivity contribution is 5.83. The number of carbonyl (C=O) groups excluding carboxylic acids is 1. The molecule has 2 unspecified atom stereocenters. The zero-order valence-corrected chi connectivity index (χ0v) is 12.0. The van der Waals surface area contributed by atoms with E-state index in [0.29, 0.717) is 23.2 Å². The SMILES string of the molecule is CCOCC1CCN(C(=O)C2CC23CCNCC3)C1. The van der Waals surface area contributed by atoms with Crippen molar-refractivity contribution in [3.63, 3.8) is 0 Å². The van der Waals surface area contributed by atoms with Crippen molar-refractivity contribution in [2.45, 2.75) is 32.6 Å². The van der Waals surface area contributed by atoms with Gasteiger partial charge in [0.15, 0.2) is 0 Å². The van der Waals surface area contributed by atoms with Crippen molar-refractivity contribution >= 4 is 5.91 Å². The largest absolute Gasteiger partial charge is 0.381 e. The number of ether oxygens (including phenoxy) is 1. The van der Waals surface area contributed by atoms with Crippen molar-refractivity contribution in [3.8, 4) is 0 Å². The highest BCUT2D eigenvalue weighted by Gasteiger charge is 2.58. The Labute approximate surface area is 115 Å². The first-order valence-electron chi connectivity index (χ1n) is 7.82. The standard InChI is InChI=1S/C15H26N2O2/c1-2-19-11-12-3-8-17(10-12)14(18)13-9-15(13)4-6-16-7-5-15/h12-13,16H,2-11H2,1H3. The molecule has 0 aromatic rings. The van der Waals surface area contributed by atoms with E-state index in [0.717, 1.165) is 52.2 Å². The van der Waals surface area contributed by atoms with Crippen LogP contribution in [-0.4, -0.2) is 50.2 Å². The molecule has 0 aromatic heterocycles. The summed E-state index contributed by atoms with van der Waals surface area (Å²) in [4.78, 5) is 14.7. The number of nitrogens with one attached hydrogen (secondary N) is 1. The lowest BCUT2D eigenvalue weighted by molar-refractivity contribution is -0.132. The number of likely N-dealkylation sites (tertiary alicyclic amines) is 1. The van der Waals surface area contributed by atoms with Gasteiger partial charge in [-0.05, 0) is 51.1 Å². The van der Waals surface area contributed by atoms with Crippen LogP contribution in [0.3, 0.4) is 0 Å². The molecule has 1 saturated carbocycles. The molecule has 108 valence electrons. The molecule has 0 radical (unpaired) electrons. The Bertz CT molecular complexity index is 339. The minimum atomic E-state index is 0.334. The molecule has 1 spiro atoms. The zero-order chi connectivity index (χ0) is 13.3. The molecule has 0 aromatic carbocycles. The lowest BCUT2D eigenvalue weighted by Gasteiger charge is -2.25. The maximum Gasteiger partial charge on any atom is 0.226 e. The van der Waals surface area contributed by atoms with E-state index in [4.69, 9.17) is 4.74 Å². The van der Waals surface area contributed by atoms with Crippen LogP contribution in [-0.2, 0) is 9.53 Å². The minimum absolute atomic E-state index is 0.334. The van der Waals surface area contributed by atoms with Gasteiger partial charge < -0.3 is 15.0 Å². The Balaban J connectivity index is 1.49. The molecule has 2 heterocycles. The van der Waals surface area contributed by atoms with Crippen LogP contribution in [0.4, 0.5) is 0 Å². The third-order valence-corrected chi connectivity index (χ3v) is 5.24. The fraction of sp³-hybridized carbons (Fsp3) is 0.933. The second-order valence-electron chi connectivity index (χ2n) is 6.47. The molecule has 4 nitrogen and oxygen atoms in total. The second kappa shape index (κ2) is 5.41. The van der Waals surface area contributed by atoms with Gasteiger partial charge in [0, 0.05) is 31.5 Å². The van der Waals surface area contributed by atoms with Gasteiger partial charge in [-0.2, -0.15) is 0 Å². The quantitative estimate of drug-likeness (QED) is 0.833. The topological polar surface area (TPSA) is 41.6 Å². The monoisotopic (exact) mass is 266 g/mol. The third-order valence-electron chi connectivity index (χ3n) is 5.24. The maximum absolute atomic E-state index is 12.6. The van der Waals surface area contributed by atoms with Crippen LogP contribution in [0.15, 0.2) is 0 Å². The van der Waals surface area contributed by atoms with Gasteiger partial charge in [-0.3, -0.25) is 4.79 Å². The molecule has 3 rings (SSSR count). The summed E-state index contributed by atoms with van der Waals surface area (Å²) < 4.78 is 5.49. The van der Waals surface area contributed by atoms with Crippen molar-refractivity contribution in [1.29, 1.82) is 0 Å². The Morgan fingerprint density at radius 1 is 1.42 bits per heavy atom. The van der Waals surface area contributed by atoms with Gasteiger partial charge in [0.1, 0.15) is 0 Å². The van der Waals surface area contributed by atoms with Gasteiger partial charge in [-0.25, -0.2) is 0 Å². The number of amides is 1. The highest BCUT2D eigenvalue weighted by Crippen LogP contribution is 2.59. The molecule has 0 bridgehead atoms. The summed E-state index contributed by atoms with van der Waals surface area (Å²) in [5.41, 5.74) is 0.375. The van der Waals surface area contributed by atoms with Crippen molar-refractivity contribution in [3.05, 3.63) is 0 Å². The Kier molecular flexibility index (Phi) is 3.81. The summed E-state index contributed by atoms with van der Waals surface area (Å²) in [5.74, 6) is 1.33. The van der Waals surface area contributed by atoms with Gasteiger partial charge in [0.2, 0.25) is 5.91 Å². The van der Waals surface area contributed by atoms with Crippen LogP contribution in [0.1, 0.15) is 32.6 Å². The van der Waals surface area contributed by atoms with Gasteiger partial charge in [0.25, 0.3) is 0 Å². The molecule has 2 aliphatic heterocycles. The number of nitrogens with zero attached hydrogens (tertiary/aromatic N) is 1. The minimum Gasteiger partial charge on any atom is -0.381 e. The number of hydrogen-bond acceptors (Lipinski definition) is 3. The summed E-state index contributed by atoms with van der Waals surface area (Å²) in [5, 5.41) is 3.40. The maximum atomic E-state index is 12.6. The molecular formula is C15H26N2O2. The summed E-state index contributed by atoms with van der Waals surface area (Å²) in [6.07, 6.45) is 4.65. The first-order chi connectivity index (χ1) is 9.25. The van der Waals surface area contributed by atoms with Crippen LogP contribution < -0.4 is 5.32 Å². The summed E-state index contributed by atoms with van der Waals surface area (Å²) in [6, 6.07) is 0. The molecule has 3 aliphatic rings. The fourth-order valence-corrected chi connectivity index (χ4v) is 3.85. The normalized spacial score (nSPS) is 32.8. The lowest BCUT2D eigenvalue weighted by atomic mass is 9.91. The molecule has 2 atom stereocenters. The molecule has 2 saturated heterocycles. The number of piperidine rings is 1. The molecule has 4 heteroatoms. The predicted octanol–water partition coefficient (Wildman–Crippen LogP) is 1.26. The van der Waals surface area contributed by atoms with Crippen molar-refractivity contribution in [1.82, 2.24) is 10.2 Å².